The molecule has 3 aromatic rings. The standard InChI is InChI=1S/C19H18FN3O/c1-14-7-8-15(9-18(14)20)11-21-19(24)10-16-12-22-23(13-16)17-5-3-2-4-6-17/h2-9,12-13H,10-11H2,1H3,(H,21,24). The van der Waals surface area contributed by atoms with E-state index in [0.29, 0.717) is 12.1 Å². The Morgan fingerprint density at radius 1 is 1.17 bits per heavy atom. The van der Waals surface area contributed by atoms with Gasteiger partial charge in [0.25, 0.3) is 0 Å². The van der Waals surface area contributed by atoms with Crippen LogP contribution in [0.5, 0.6) is 0 Å². The number of hydrogen-bond acceptors (Lipinski definition) is 2. The van der Waals surface area contributed by atoms with Crippen molar-refractivity contribution in [3.63, 3.8) is 0 Å². The maximum Gasteiger partial charge on any atom is 0.224 e. The van der Waals surface area contributed by atoms with Crippen molar-refractivity contribution in [2.24, 2.45) is 0 Å². The van der Waals surface area contributed by atoms with Crippen molar-refractivity contribution >= 4 is 5.91 Å². The number of rotatable bonds is 5. The summed E-state index contributed by atoms with van der Waals surface area (Å²) in [6.45, 7) is 2.02. The Balaban J connectivity index is 1.57. The summed E-state index contributed by atoms with van der Waals surface area (Å²) in [6, 6.07) is 14.7. The van der Waals surface area contributed by atoms with E-state index in [0.717, 1.165) is 16.8 Å². The van der Waals surface area contributed by atoms with Crippen LogP contribution in [0.15, 0.2) is 60.9 Å². The van der Waals surface area contributed by atoms with Gasteiger partial charge in [-0.1, -0.05) is 30.3 Å². The molecule has 1 aromatic heterocycles. The third kappa shape index (κ3) is 3.87. The smallest absolute Gasteiger partial charge is 0.224 e. The fraction of sp³-hybridized carbons (Fsp3) is 0.158. The molecule has 24 heavy (non-hydrogen) atoms. The van der Waals surface area contributed by atoms with Crippen LogP contribution in [0.2, 0.25) is 0 Å². The quantitative estimate of drug-likeness (QED) is 0.784. The number of benzene rings is 2. The molecule has 1 amide bonds. The maximum atomic E-state index is 13.5. The number of nitrogens with one attached hydrogen (secondary N) is 1. The molecule has 0 aliphatic heterocycles. The molecule has 3 rings (SSSR count). The number of carbonyl (C=O) groups excluding carboxylic acids is 1. The lowest BCUT2D eigenvalue weighted by Crippen LogP contribution is -2.24. The van der Waals surface area contributed by atoms with E-state index in [1.165, 1.54) is 6.07 Å². The zero-order valence-electron chi connectivity index (χ0n) is 13.4. The molecule has 1 heterocycles. The number of halogens is 1. The normalized spacial score (nSPS) is 10.6. The molecule has 0 unspecified atom stereocenters. The number of amides is 1. The molecule has 0 aliphatic carbocycles. The second-order valence-electron chi connectivity index (χ2n) is 5.67. The molecular weight excluding hydrogens is 305 g/mol. The van der Waals surface area contributed by atoms with Gasteiger partial charge in [-0.2, -0.15) is 5.10 Å². The molecule has 0 spiro atoms. The Kier molecular flexibility index (Phi) is 4.70. The van der Waals surface area contributed by atoms with Crippen molar-refractivity contribution in [2.75, 3.05) is 0 Å². The minimum absolute atomic E-state index is 0.122. The monoisotopic (exact) mass is 323 g/mol. The highest BCUT2D eigenvalue weighted by molar-refractivity contribution is 5.78. The predicted molar refractivity (Wildman–Crippen MR) is 90.3 cm³/mol. The molecule has 0 saturated heterocycles. The number of nitrogens with zero attached hydrogens (tertiary/aromatic N) is 2. The van der Waals surface area contributed by atoms with E-state index in [1.54, 1.807) is 23.9 Å². The van der Waals surface area contributed by atoms with E-state index in [1.807, 2.05) is 42.6 Å². The lowest BCUT2D eigenvalue weighted by Gasteiger charge is -2.06. The first-order chi connectivity index (χ1) is 11.6. The van der Waals surface area contributed by atoms with Crippen LogP contribution in [-0.4, -0.2) is 15.7 Å². The van der Waals surface area contributed by atoms with Gasteiger partial charge < -0.3 is 5.32 Å². The van der Waals surface area contributed by atoms with E-state index in [9.17, 15) is 9.18 Å². The van der Waals surface area contributed by atoms with Crippen molar-refractivity contribution < 1.29 is 9.18 Å². The predicted octanol–water partition coefficient (Wildman–Crippen LogP) is 3.18. The molecule has 4 nitrogen and oxygen atoms in total. The summed E-state index contributed by atoms with van der Waals surface area (Å²) in [5.41, 5.74) is 3.11. The highest BCUT2D eigenvalue weighted by Gasteiger charge is 2.07. The molecule has 2 aromatic carbocycles. The summed E-state index contributed by atoms with van der Waals surface area (Å²) < 4.78 is 15.2. The highest BCUT2D eigenvalue weighted by Crippen LogP contribution is 2.10. The van der Waals surface area contributed by atoms with Gasteiger partial charge in [0.15, 0.2) is 0 Å². The molecule has 0 radical (unpaired) electrons. The number of hydrogen-bond donors (Lipinski definition) is 1. The zero-order chi connectivity index (χ0) is 16.9. The Hall–Kier alpha value is -2.95. The minimum atomic E-state index is -0.258. The SMILES string of the molecule is Cc1ccc(CNC(=O)Cc2cnn(-c3ccccc3)c2)cc1F. The molecule has 1 N–H and O–H groups in total. The first-order valence-corrected chi connectivity index (χ1v) is 7.72. The van der Waals surface area contributed by atoms with Crippen LogP contribution < -0.4 is 5.32 Å². The van der Waals surface area contributed by atoms with Gasteiger partial charge in [0.05, 0.1) is 18.3 Å². The van der Waals surface area contributed by atoms with Crippen molar-refractivity contribution in [1.82, 2.24) is 15.1 Å². The van der Waals surface area contributed by atoms with Crippen molar-refractivity contribution in [1.29, 1.82) is 0 Å². The van der Waals surface area contributed by atoms with E-state index in [2.05, 4.69) is 10.4 Å². The van der Waals surface area contributed by atoms with Gasteiger partial charge in [-0.25, -0.2) is 9.07 Å². The lowest BCUT2D eigenvalue weighted by atomic mass is 10.1. The fourth-order valence-electron chi connectivity index (χ4n) is 2.37. The second kappa shape index (κ2) is 7.08. The molecule has 0 saturated carbocycles. The minimum Gasteiger partial charge on any atom is -0.352 e. The van der Waals surface area contributed by atoms with Crippen LogP contribution in [0.4, 0.5) is 4.39 Å². The topological polar surface area (TPSA) is 46.9 Å². The van der Waals surface area contributed by atoms with Crippen LogP contribution in [0.25, 0.3) is 5.69 Å². The lowest BCUT2D eigenvalue weighted by molar-refractivity contribution is -0.120. The third-order valence-electron chi connectivity index (χ3n) is 3.75. The Morgan fingerprint density at radius 3 is 2.71 bits per heavy atom. The summed E-state index contributed by atoms with van der Waals surface area (Å²) in [6.07, 6.45) is 3.75. The number of carbonyl (C=O) groups is 1. The van der Waals surface area contributed by atoms with Crippen LogP contribution in [0.3, 0.4) is 0 Å². The van der Waals surface area contributed by atoms with E-state index in [4.69, 9.17) is 0 Å². The van der Waals surface area contributed by atoms with Gasteiger partial charge >= 0.3 is 0 Å². The Bertz CT molecular complexity index is 843. The van der Waals surface area contributed by atoms with Crippen molar-refractivity contribution in [2.45, 2.75) is 19.9 Å². The largest absolute Gasteiger partial charge is 0.352 e. The molecule has 0 atom stereocenters. The third-order valence-corrected chi connectivity index (χ3v) is 3.75. The molecule has 0 fully saturated rings. The van der Waals surface area contributed by atoms with Gasteiger partial charge in [-0.05, 0) is 41.8 Å². The van der Waals surface area contributed by atoms with Gasteiger partial charge in [0.2, 0.25) is 5.91 Å². The summed E-state index contributed by atoms with van der Waals surface area (Å²) in [5.74, 6) is -0.380. The number of para-hydroxylation sites is 1. The van der Waals surface area contributed by atoms with E-state index >= 15 is 0 Å². The summed E-state index contributed by atoms with van der Waals surface area (Å²) >= 11 is 0. The fourth-order valence-corrected chi connectivity index (χ4v) is 2.37. The second-order valence-corrected chi connectivity index (χ2v) is 5.67. The molecular formula is C19H18FN3O. The summed E-state index contributed by atoms with van der Waals surface area (Å²) in [4.78, 5) is 12.0. The molecule has 0 bridgehead atoms. The van der Waals surface area contributed by atoms with Gasteiger partial charge in [0, 0.05) is 12.7 Å². The molecule has 5 heteroatoms. The van der Waals surface area contributed by atoms with E-state index in [-0.39, 0.29) is 18.1 Å². The van der Waals surface area contributed by atoms with Crippen LogP contribution >= 0.6 is 0 Å². The number of aryl methyl sites for hydroxylation is 1. The zero-order valence-corrected chi connectivity index (χ0v) is 13.4. The van der Waals surface area contributed by atoms with Gasteiger partial charge in [0.1, 0.15) is 5.82 Å². The average Bonchev–Trinajstić information content (AvgIpc) is 3.05. The van der Waals surface area contributed by atoms with Crippen molar-refractivity contribution in [3.8, 4) is 5.69 Å². The highest BCUT2D eigenvalue weighted by atomic mass is 19.1. The maximum absolute atomic E-state index is 13.5. The van der Waals surface area contributed by atoms with Crippen LogP contribution in [0.1, 0.15) is 16.7 Å². The first kappa shape index (κ1) is 15.9. The summed E-state index contributed by atoms with van der Waals surface area (Å²) in [7, 11) is 0. The van der Waals surface area contributed by atoms with Crippen molar-refractivity contribution in [3.05, 3.63) is 83.4 Å². The Morgan fingerprint density at radius 2 is 1.96 bits per heavy atom. The van der Waals surface area contributed by atoms with E-state index < -0.39 is 0 Å². The van der Waals surface area contributed by atoms with Crippen LogP contribution in [-0.2, 0) is 17.8 Å². The van der Waals surface area contributed by atoms with Gasteiger partial charge in [-0.3, -0.25) is 4.79 Å². The summed E-state index contributed by atoms with van der Waals surface area (Å²) in [5, 5.41) is 7.07. The molecule has 122 valence electrons. The number of aromatic nitrogens is 2. The van der Waals surface area contributed by atoms with Crippen LogP contribution in [0, 0.1) is 12.7 Å². The van der Waals surface area contributed by atoms with Gasteiger partial charge in [-0.15, -0.1) is 0 Å². The first-order valence-electron chi connectivity index (χ1n) is 7.72. The molecule has 0 aliphatic rings. The average molecular weight is 323 g/mol. The Labute approximate surface area is 139 Å².